The molecule has 3 aliphatic heterocycles. The molecule has 6 amide bonds. The molecule has 2 aromatic carbocycles. The van der Waals surface area contributed by atoms with E-state index in [1.165, 1.54) is 144 Å². The maximum atomic E-state index is 12.4. The van der Waals surface area contributed by atoms with Gasteiger partial charge in [-0.15, -0.1) is 85.8 Å². The van der Waals surface area contributed by atoms with Crippen LogP contribution in [0.25, 0.3) is 0 Å². The number of anilines is 3. The van der Waals surface area contributed by atoms with Crippen molar-refractivity contribution in [2.75, 3.05) is 96.9 Å². The Balaban J connectivity index is -0.000000519. The van der Waals surface area contributed by atoms with Gasteiger partial charge < -0.3 is 87.5 Å². The van der Waals surface area contributed by atoms with Crippen LogP contribution in [0, 0.1) is 62.7 Å². The molecule has 10 heterocycles. The number of thiophene rings is 7. The van der Waals surface area contributed by atoms with Crippen molar-refractivity contribution < 1.29 is 137 Å². The standard InChI is InChI=1S/C22H30N2OS.C14H20BrNO.C14H21NO4S.C14H17NO4S.C9H13NO2S.C8H13NO2.C8H9NOS.C8H11NS.C6H5BrO2S.CH3O.2CH4.Al.Li.Na.H2.4H/c1-15-11-18(24-9-6-7-17-8-10-26-19(17)14-24)12-16(2)21(15)23-20(25)13-22(3,4)5;1-9-6-11(15)7-10(2)13(9)16-12(17)8-14(3,4)5;2*1-14(2,3)19-13(17)15-8-5-6-10-7-9-20-11(10)12(16)18-4;1-12-9(11)8-7(3-2-5-10)4-6-13-8;1-5-6-9-7(10)11-8(2,3)4;10-8-7-6(3-5-11-7)2-1-4-9-8;1-2-7-3-5-10-8(7)6-9-4-1;1-9-6(8)5-4(7)2-3-10-5;1-2;;;;;;;;;;/h8,10-12H,6-7,9,13-14H2,1-5H3,(H,23,25);6-7H,8H2,1-5H3,(H,16,17);7,9H,5-6,8H2,1-4H3,(H,15,17);7,9H,8H2,1-4H3,(H,15,17);4,6H,2-3,5,10H2,1H3;1H,6H2,2-4H3,(H,9,10);3,5H,1-2,4H2,(H,9,10);3,5,9H,1-2,4,6H2;2-3H,1H3;1H3;2*1H4;;;;1H;;;;/q;;;;;;;;;-1;;;;2*+1;;;;;-1. The molecule has 7 aromatic heterocycles. The number of alkyl carbamates (subject to hydrolysis) is 3. The van der Waals surface area contributed by atoms with E-state index in [0.29, 0.717) is 57.4 Å². The third kappa shape index (κ3) is 57.8. The van der Waals surface area contributed by atoms with Gasteiger partial charge in [-0.3, -0.25) is 14.4 Å². The summed E-state index contributed by atoms with van der Waals surface area (Å²) in [7, 11) is 6.21. The zero-order valence-corrected chi connectivity index (χ0v) is 98.2. The van der Waals surface area contributed by atoms with E-state index in [4.69, 9.17) is 36.2 Å². The van der Waals surface area contributed by atoms with Crippen molar-refractivity contribution in [3.63, 3.8) is 0 Å². The molecule has 0 radical (unpaired) electrons. The molecule has 794 valence electrons. The predicted octanol–water partition coefficient (Wildman–Crippen LogP) is 17.0. The van der Waals surface area contributed by atoms with Gasteiger partial charge >= 0.3 is 90.6 Å². The van der Waals surface area contributed by atoms with Crippen LogP contribution in [-0.2, 0) is 87.9 Å². The van der Waals surface area contributed by atoms with Crippen molar-refractivity contribution in [2.45, 2.75) is 253 Å². The van der Waals surface area contributed by atoms with Crippen LogP contribution in [0.1, 0.15) is 280 Å². The maximum Gasteiger partial charge on any atom is 1.00 e. The van der Waals surface area contributed by atoms with Crippen molar-refractivity contribution >= 4 is 206 Å². The summed E-state index contributed by atoms with van der Waals surface area (Å²) in [5.41, 5.74) is 18.4. The largest absolute Gasteiger partial charge is 1.00 e. The number of aryl methyl sites for hydroxylation is 9. The number of nitrogens with two attached hydrogens (primary N) is 1. The molecule has 0 bridgehead atoms. The fraction of sp³-hybridized carbons (Fsp3) is 0.491. The van der Waals surface area contributed by atoms with E-state index >= 15 is 0 Å². The Hall–Kier alpha value is -7.67. The number of methoxy groups -OCH3 is 4. The van der Waals surface area contributed by atoms with Crippen molar-refractivity contribution in [3.05, 3.63) is 203 Å². The van der Waals surface area contributed by atoms with Crippen LogP contribution in [0.5, 0.6) is 0 Å². The van der Waals surface area contributed by atoms with E-state index in [0.717, 1.165) is 124 Å². The number of hydrogen-bond donors (Lipinski definition) is 8. The number of hydrogen-bond acceptors (Lipinski definition) is 28. The number of terminal acetylenes is 1. The van der Waals surface area contributed by atoms with Crippen LogP contribution in [0.3, 0.4) is 0 Å². The minimum absolute atomic E-state index is 0. The van der Waals surface area contributed by atoms with Gasteiger partial charge in [0.2, 0.25) is 11.8 Å². The second-order valence-electron chi connectivity index (χ2n) is 37.0. The van der Waals surface area contributed by atoms with Crippen LogP contribution in [-0.4, -0.2) is 175 Å². The number of amides is 6. The van der Waals surface area contributed by atoms with Crippen LogP contribution < -0.4 is 101 Å². The molecular weight excluding hydrogens is 2130 g/mol. The summed E-state index contributed by atoms with van der Waals surface area (Å²) in [6, 6.07) is 22.5. The number of nitrogens with zero attached hydrogens (tertiary/aromatic N) is 1. The quantitative estimate of drug-likeness (QED) is 0.0130. The summed E-state index contributed by atoms with van der Waals surface area (Å²) in [6.45, 7) is 43.5. The summed E-state index contributed by atoms with van der Waals surface area (Å²) in [6.07, 6.45) is 14.8. The monoisotopic (exact) mass is 2280 g/mol. The van der Waals surface area contributed by atoms with Crippen molar-refractivity contribution in [1.82, 2.24) is 26.6 Å². The van der Waals surface area contributed by atoms with Crippen molar-refractivity contribution in [1.29, 1.82) is 0 Å². The van der Waals surface area contributed by atoms with E-state index in [9.17, 15) is 47.9 Å². The third-order valence-electron chi connectivity index (χ3n) is 19.0. The Labute approximate surface area is 954 Å². The van der Waals surface area contributed by atoms with Gasteiger partial charge in [0.05, 0.1) is 53.0 Å². The van der Waals surface area contributed by atoms with Gasteiger partial charge in [0.1, 0.15) is 36.3 Å². The summed E-state index contributed by atoms with van der Waals surface area (Å²) in [5.74, 6) is 6.86. The molecule has 0 atom stereocenters. The molecule has 3 aliphatic rings. The van der Waals surface area contributed by atoms with Gasteiger partial charge in [-0.1, -0.05) is 90.1 Å². The summed E-state index contributed by atoms with van der Waals surface area (Å²) in [4.78, 5) is 123. The maximum absolute atomic E-state index is 12.4. The second-order valence-corrected chi connectivity index (χ2v) is 45.4. The first-order chi connectivity index (χ1) is 65.9. The molecule has 0 unspecified atom stereocenters. The fourth-order valence-electron chi connectivity index (χ4n) is 12.9. The molecule has 0 fully saturated rings. The van der Waals surface area contributed by atoms with Crippen molar-refractivity contribution in [3.8, 4) is 24.2 Å². The zero-order chi connectivity index (χ0) is 105. The van der Waals surface area contributed by atoms with Gasteiger partial charge in [0.25, 0.3) is 5.91 Å². The van der Waals surface area contributed by atoms with E-state index in [1.54, 1.807) is 58.6 Å². The Bertz CT molecular complexity index is 5470. The SMILES string of the molecule is C.C.C#CCNC(=O)OC(C)(C)C.COC(=O)c1sccc1Br.COC(=O)c1sccc1C#CCNC(=O)OC(C)(C)C.COC(=O)c1sccc1CCCN.COC(=O)c1sccc1CCCNC(=O)OC(C)(C)C.C[O-].Cc1cc(Br)cc(C)c1NC(=O)CC(C)(C)C.Cc1cc(N2CCCc3ccsc3C2)cc(C)c1NC(=O)CC(C)(C)C.O=C1NCCCc2ccsc21.[AlH3].[H-].[HH].[Li+].[Na+].c1cc2c(s1)CNCCC2. The van der Waals surface area contributed by atoms with Crippen LogP contribution in [0.15, 0.2) is 113 Å². The Morgan fingerprint density at radius 2 is 0.924 bits per heavy atom. The van der Waals surface area contributed by atoms with Gasteiger partial charge in [-0.25, -0.2) is 33.6 Å². The molecular formula is C106H156AlBr2LiN9NaO18S7. The first-order valence-electron chi connectivity index (χ1n) is 45.5. The molecule has 9 N–H and O–H groups in total. The molecule has 12 rings (SSSR count). The number of esters is 4. The van der Waals surface area contributed by atoms with Crippen LogP contribution >= 0.6 is 111 Å². The predicted molar refractivity (Wildman–Crippen MR) is 605 cm³/mol. The third-order valence-corrected chi connectivity index (χ3v) is 26.9. The van der Waals surface area contributed by atoms with E-state index in [2.05, 4.69) is 196 Å². The van der Waals surface area contributed by atoms with Crippen LogP contribution in [0.4, 0.5) is 31.4 Å². The van der Waals surface area contributed by atoms with Gasteiger partial charge in [0, 0.05) is 81.8 Å². The van der Waals surface area contributed by atoms with Gasteiger partial charge in [0.15, 0.2) is 17.4 Å². The number of carbonyl (C=O) groups is 10. The molecule has 0 spiro atoms. The number of ether oxygens (including phenoxy) is 7. The minimum atomic E-state index is -0.539. The van der Waals surface area contributed by atoms with Gasteiger partial charge in [-0.05, 0) is 349 Å². The number of nitrogens with one attached hydrogen (secondary N) is 7. The average Bonchev–Trinajstić information content (AvgIpc) is 0.989. The summed E-state index contributed by atoms with van der Waals surface area (Å²) in [5, 5.41) is 42.0. The molecule has 0 aliphatic carbocycles. The summed E-state index contributed by atoms with van der Waals surface area (Å²) < 4.78 is 35.5. The number of halogens is 2. The molecule has 0 saturated carbocycles. The molecule has 145 heavy (non-hydrogen) atoms. The van der Waals surface area contributed by atoms with Gasteiger partial charge in [-0.2, -0.15) is 7.11 Å². The average molecular weight is 2290 g/mol. The Morgan fingerprint density at radius 1 is 0.524 bits per heavy atom. The molecule has 0 saturated heterocycles. The number of benzene rings is 2. The number of carbonyl (C=O) groups excluding carboxylic acids is 10. The summed E-state index contributed by atoms with van der Waals surface area (Å²) >= 11 is 17.4. The van der Waals surface area contributed by atoms with E-state index in [1.807, 2.05) is 115 Å². The zero-order valence-electron chi connectivity index (χ0n) is 88.3. The normalized spacial score (nSPS) is 11.8. The van der Waals surface area contributed by atoms with E-state index in [-0.39, 0.29) is 143 Å². The molecule has 39 heteroatoms. The first-order valence-corrected chi connectivity index (χ1v) is 53.3. The molecule has 9 aromatic rings. The topological polar surface area (TPSA) is 372 Å². The van der Waals surface area contributed by atoms with Crippen LogP contribution in [0.2, 0.25) is 0 Å². The number of fused-ring (bicyclic) bond motifs is 3. The Morgan fingerprint density at radius 3 is 1.40 bits per heavy atom. The van der Waals surface area contributed by atoms with E-state index < -0.39 is 41.1 Å². The fourth-order valence-corrected chi connectivity index (χ4v) is 20.3. The van der Waals surface area contributed by atoms with Crippen molar-refractivity contribution in [2.24, 2.45) is 16.6 Å². The first kappa shape index (κ1) is 141. The minimum Gasteiger partial charge on any atom is -1.00 e. The smallest absolute Gasteiger partial charge is 1.00 e. The Kier molecular flexibility index (Phi) is 71.7. The number of rotatable bonds is 18. The second kappa shape index (κ2) is 73.5. The molecule has 27 nitrogen and oxygen atoms in total.